The van der Waals surface area contributed by atoms with Crippen LogP contribution < -0.4 is 32.8 Å². The van der Waals surface area contributed by atoms with Crippen LogP contribution in [0.4, 0.5) is 5.69 Å². The monoisotopic (exact) mass is 881 g/mol. The average Bonchev–Trinajstić information content (AvgIpc) is 3.79. The first-order valence-corrected chi connectivity index (χ1v) is 26.5. The van der Waals surface area contributed by atoms with Crippen molar-refractivity contribution in [1.82, 2.24) is 0 Å². The SMILES string of the molecule is CCCCCCCCCCCCCCCCCCN1C(=CC=Cc2oc3ccccc3[n+]2CCCCCCCCCCCCCCCCCC)Oc2ccccc21.[O-][Cl+3]([O-])([O-])[O-]. The predicted molar refractivity (Wildman–Crippen MR) is 247 cm³/mol. The number of rotatable bonds is 36. The Hall–Kier alpha value is -2.88. The van der Waals surface area contributed by atoms with Gasteiger partial charge in [0.15, 0.2) is 12.3 Å². The number of ether oxygens (including phenoxy) is 1. The number of aromatic nitrogens is 1. The second-order valence-corrected chi connectivity index (χ2v) is 18.4. The number of allylic oxidation sites excluding steroid dienone is 2. The third kappa shape index (κ3) is 24.8. The van der Waals surface area contributed by atoms with Gasteiger partial charge in [0.2, 0.25) is 11.5 Å². The Labute approximate surface area is 379 Å². The first-order chi connectivity index (χ1) is 30.3. The third-order valence-electron chi connectivity index (χ3n) is 12.2. The van der Waals surface area contributed by atoms with Crippen molar-refractivity contribution in [2.75, 3.05) is 11.4 Å². The number of para-hydroxylation sites is 4. The molecule has 2 heterocycles. The van der Waals surface area contributed by atoms with Gasteiger partial charge in [0.05, 0.1) is 11.8 Å². The van der Waals surface area contributed by atoms with Crippen LogP contribution in [0, 0.1) is 10.2 Å². The van der Waals surface area contributed by atoms with Gasteiger partial charge >= 0.3 is 5.89 Å². The molecule has 0 amide bonds. The van der Waals surface area contributed by atoms with Crippen LogP contribution in [0.25, 0.3) is 17.2 Å². The normalized spacial score (nSPS) is 13.3. The highest BCUT2D eigenvalue weighted by atomic mass is 35.7. The summed E-state index contributed by atoms with van der Waals surface area (Å²) in [7, 11) is -4.94. The maximum Gasteiger partial charge on any atom is 0.374 e. The molecule has 0 spiro atoms. The van der Waals surface area contributed by atoms with Gasteiger partial charge in [-0.1, -0.05) is 224 Å². The highest BCUT2D eigenvalue weighted by Gasteiger charge is 2.25. The van der Waals surface area contributed by atoms with Gasteiger partial charge in [-0.05, 0) is 43.2 Å². The lowest BCUT2D eigenvalue weighted by atomic mass is 10.0. The molecule has 350 valence electrons. The molecule has 8 nitrogen and oxygen atoms in total. The molecule has 0 N–H and O–H groups in total. The standard InChI is InChI=1S/C53H85N2O2.ClHO4/c1-3-5-7-9-11-13-15-17-19-21-23-25-27-29-31-37-46-54-48-40-33-35-42-50(48)56-52(54)44-39-45-53-55(49-41-34-36-43-51(49)57-53)47-38-32-30-28-26-24-22-20-18-16-14-12-10-8-6-4-2;2-1(3,4)5/h33-36,39-45H,3-32,37-38,46-47H2,1-2H3;(H,2,3,4,5)/q+1;/p-1. The summed E-state index contributed by atoms with van der Waals surface area (Å²) in [4.78, 5) is 2.37. The Balaban J connectivity index is 0.00000193. The Kier molecular flexibility index (Phi) is 29.8. The van der Waals surface area contributed by atoms with Crippen molar-refractivity contribution in [2.24, 2.45) is 0 Å². The summed E-state index contributed by atoms with van der Waals surface area (Å²) in [5.74, 6) is 2.78. The van der Waals surface area contributed by atoms with Gasteiger partial charge in [0.1, 0.15) is 0 Å². The van der Waals surface area contributed by atoms with E-state index in [4.69, 9.17) is 27.8 Å². The minimum Gasteiger partial charge on any atom is -0.439 e. The van der Waals surface area contributed by atoms with Crippen molar-refractivity contribution in [3.05, 3.63) is 72.5 Å². The number of benzene rings is 2. The Morgan fingerprint density at radius 3 is 1.40 bits per heavy atom. The van der Waals surface area contributed by atoms with E-state index in [1.165, 1.54) is 217 Å². The number of oxazole rings is 1. The quantitative estimate of drug-likeness (QED) is 0.0421. The molecule has 0 bridgehead atoms. The van der Waals surface area contributed by atoms with E-state index in [1.807, 2.05) is 0 Å². The number of anilines is 1. The van der Waals surface area contributed by atoms with Gasteiger partial charge < -0.3 is 14.1 Å². The summed E-state index contributed by atoms with van der Waals surface area (Å²) in [5, 5.41) is 0. The summed E-state index contributed by atoms with van der Waals surface area (Å²) in [5.41, 5.74) is 3.32. The smallest absolute Gasteiger partial charge is 0.374 e. The van der Waals surface area contributed by atoms with Gasteiger partial charge in [0, 0.05) is 19.0 Å². The molecule has 9 heteroatoms. The Morgan fingerprint density at radius 1 is 0.516 bits per heavy atom. The summed E-state index contributed by atoms with van der Waals surface area (Å²) in [6.45, 7) is 6.57. The zero-order valence-corrected chi connectivity index (χ0v) is 39.9. The van der Waals surface area contributed by atoms with E-state index >= 15 is 0 Å². The summed E-state index contributed by atoms with van der Waals surface area (Å²) in [6, 6.07) is 16.9. The van der Waals surface area contributed by atoms with Crippen molar-refractivity contribution < 1.29 is 42.6 Å². The number of hydrogen-bond acceptors (Lipinski definition) is 7. The molecular weight excluding hydrogens is 796 g/mol. The Morgan fingerprint density at radius 2 is 0.919 bits per heavy atom. The number of nitrogens with zero attached hydrogens (tertiary/aromatic N) is 2. The van der Waals surface area contributed by atoms with Gasteiger partial charge in [-0.25, -0.2) is 18.6 Å². The molecular formula is C53H85ClN2O6. The van der Waals surface area contributed by atoms with Crippen LogP contribution in [-0.4, -0.2) is 6.54 Å². The number of aryl methyl sites for hydroxylation is 1. The van der Waals surface area contributed by atoms with Crippen molar-refractivity contribution in [2.45, 2.75) is 226 Å². The van der Waals surface area contributed by atoms with E-state index in [0.29, 0.717) is 0 Å². The molecule has 0 atom stereocenters. The molecule has 0 aliphatic carbocycles. The van der Waals surface area contributed by atoms with Crippen LogP contribution in [-0.2, 0) is 6.54 Å². The fraction of sp³-hybridized carbons (Fsp3) is 0.679. The van der Waals surface area contributed by atoms with Crippen molar-refractivity contribution >= 4 is 22.9 Å². The zero-order valence-electron chi connectivity index (χ0n) is 39.1. The lowest BCUT2D eigenvalue weighted by Gasteiger charge is -2.18. The van der Waals surface area contributed by atoms with Crippen LogP contribution in [0.15, 0.2) is 71.0 Å². The molecule has 4 rings (SSSR count). The van der Waals surface area contributed by atoms with Crippen molar-refractivity contribution in [1.29, 1.82) is 0 Å². The van der Waals surface area contributed by atoms with E-state index in [0.717, 1.165) is 36.2 Å². The average molecular weight is 882 g/mol. The highest BCUT2D eigenvalue weighted by molar-refractivity contribution is 5.70. The molecule has 0 fully saturated rings. The molecule has 62 heavy (non-hydrogen) atoms. The van der Waals surface area contributed by atoms with Crippen LogP contribution in [0.3, 0.4) is 0 Å². The van der Waals surface area contributed by atoms with E-state index in [-0.39, 0.29) is 0 Å². The molecule has 3 aromatic rings. The van der Waals surface area contributed by atoms with E-state index in [2.05, 4.69) is 90.1 Å². The molecule has 0 unspecified atom stereocenters. The second kappa shape index (κ2) is 34.5. The van der Waals surface area contributed by atoms with Crippen LogP contribution in [0.2, 0.25) is 0 Å². The maximum atomic E-state index is 8.49. The molecule has 2 aromatic carbocycles. The molecule has 1 aliphatic rings. The lowest BCUT2D eigenvalue weighted by Crippen LogP contribution is -2.68. The van der Waals surface area contributed by atoms with Gasteiger partial charge in [-0.3, -0.25) is 0 Å². The number of halogens is 1. The van der Waals surface area contributed by atoms with Gasteiger partial charge in [-0.15, -0.1) is 10.2 Å². The summed E-state index contributed by atoms with van der Waals surface area (Å²) >= 11 is 0. The minimum atomic E-state index is -4.94. The highest BCUT2D eigenvalue weighted by Crippen LogP contribution is 2.39. The summed E-state index contributed by atoms with van der Waals surface area (Å²) in [6.07, 6.45) is 50.9. The number of hydrogen-bond donors (Lipinski definition) is 0. The van der Waals surface area contributed by atoms with Crippen LogP contribution in [0.5, 0.6) is 5.75 Å². The topological polar surface area (TPSA) is 122 Å². The van der Waals surface area contributed by atoms with Crippen LogP contribution >= 0.6 is 0 Å². The zero-order chi connectivity index (χ0) is 44.4. The van der Waals surface area contributed by atoms with Crippen molar-refractivity contribution in [3.8, 4) is 5.75 Å². The van der Waals surface area contributed by atoms with E-state index in [9.17, 15) is 0 Å². The molecule has 1 aliphatic heterocycles. The molecule has 1 aromatic heterocycles. The predicted octanol–water partition coefficient (Wildman–Crippen LogP) is 12.2. The molecule has 0 saturated heterocycles. The first-order valence-electron chi connectivity index (χ1n) is 25.3. The van der Waals surface area contributed by atoms with Gasteiger partial charge in [-0.2, -0.15) is 4.57 Å². The second-order valence-electron chi connectivity index (χ2n) is 17.6. The third-order valence-corrected chi connectivity index (χ3v) is 12.2. The van der Waals surface area contributed by atoms with E-state index in [1.54, 1.807) is 0 Å². The number of fused-ring (bicyclic) bond motifs is 2. The van der Waals surface area contributed by atoms with Crippen molar-refractivity contribution in [3.63, 3.8) is 0 Å². The van der Waals surface area contributed by atoms with Crippen LogP contribution in [0.1, 0.15) is 225 Å². The molecule has 0 saturated carbocycles. The minimum absolute atomic E-state index is 0.911. The summed E-state index contributed by atoms with van der Waals surface area (Å²) < 4.78 is 49.1. The fourth-order valence-corrected chi connectivity index (χ4v) is 8.66. The first kappa shape index (κ1) is 53.5. The Bertz CT molecular complexity index is 1590. The largest absolute Gasteiger partial charge is 0.439 e. The van der Waals surface area contributed by atoms with E-state index < -0.39 is 10.2 Å². The lowest BCUT2D eigenvalue weighted by molar-refractivity contribution is -2.00. The fourth-order valence-electron chi connectivity index (χ4n) is 8.66. The number of unbranched alkanes of at least 4 members (excludes halogenated alkanes) is 30. The van der Waals surface area contributed by atoms with Gasteiger partial charge in [0.25, 0.3) is 5.52 Å². The maximum absolute atomic E-state index is 8.49. The molecule has 0 radical (unpaired) electrons.